The minimum absolute atomic E-state index is 0.0948. The molecule has 0 radical (unpaired) electrons. The van der Waals surface area contributed by atoms with E-state index in [0.29, 0.717) is 29.7 Å². The minimum atomic E-state index is -0.562. The molecule has 0 fully saturated rings. The summed E-state index contributed by atoms with van der Waals surface area (Å²) in [6, 6.07) is 16.9. The molecule has 176 valence electrons. The van der Waals surface area contributed by atoms with Crippen molar-refractivity contribution in [1.82, 2.24) is 4.90 Å². The lowest BCUT2D eigenvalue weighted by atomic mass is 9.89. The van der Waals surface area contributed by atoms with Crippen molar-refractivity contribution in [3.8, 4) is 11.1 Å². The molecule has 0 aliphatic carbocycles. The second kappa shape index (κ2) is 10.5. The minimum Gasteiger partial charge on any atom is -0.466 e. The van der Waals surface area contributed by atoms with Gasteiger partial charge in [-0.05, 0) is 47.2 Å². The summed E-state index contributed by atoms with van der Waals surface area (Å²) in [6.45, 7) is 2.42. The van der Waals surface area contributed by atoms with Crippen LogP contribution in [0.5, 0.6) is 0 Å². The molecule has 0 saturated carbocycles. The largest absolute Gasteiger partial charge is 0.466 e. The third-order valence-corrected chi connectivity index (χ3v) is 5.83. The highest BCUT2D eigenvalue weighted by atomic mass is 19.1. The average molecular weight is 465 g/mol. The van der Waals surface area contributed by atoms with Gasteiger partial charge in [0.25, 0.3) is 0 Å². The molecule has 1 aliphatic rings. The second-order valence-electron chi connectivity index (χ2n) is 8.02. The molecule has 0 spiro atoms. The fourth-order valence-electron chi connectivity index (χ4n) is 4.14. The van der Waals surface area contributed by atoms with Gasteiger partial charge in [-0.3, -0.25) is 4.79 Å². The van der Waals surface area contributed by atoms with E-state index in [1.165, 1.54) is 23.1 Å². The van der Waals surface area contributed by atoms with Crippen molar-refractivity contribution in [2.45, 2.75) is 32.9 Å². The van der Waals surface area contributed by atoms with Crippen LogP contribution in [0.15, 0.2) is 60.7 Å². The summed E-state index contributed by atoms with van der Waals surface area (Å²) in [4.78, 5) is 26.1. The lowest BCUT2D eigenvalue weighted by molar-refractivity contribution is -0.142. The van der Waals surface area contributed by atoms with E-state index in [0.717, 1.165) is 5.56 Å². The summed E-state index contributed by atoms with van der Waals surface area (Å²) < 4.78 is 40.4. The zero-order valence-electron chi connectivity index (χ0n) is 18.9. The van der Waals surface area contributed by atoms with Gasteiger partial charge < -0.3 is 14.4 Å². The SMILES string of the molecule is CCOC(=O)Cc1cccc(-c2ccc(F)c3c2CN(C(=O)OCc2ccccc2)CC3)c1F. The second-order valence-corrected chi connectivity index (χ2v) is 8.02. The van der Waals surface area contributed by atoms with Crippen LogP contribution in [-0.2, 0) is 40.3 Å². The molecule has 0 N–H and O–H groups in total. The maximum absolute atomic E-state index is 15.4. The number of benzene rings is 3. The van der Waals surface area contributed by atoms with Crippen LogP contribution in [-0.4, -0.2) is 30.1 Å². The molecule has 1 amide bonds. The highest BCUT2D eigenvalue weighted by Gasteiger charge is 2.27. The van der Waals surface area contributed by atoms with Crippen molar-refractivity contribution in [1.29, 1.82) is 0 Å². The molecule has 1 aliphatic heterocycles. The van der Waals surface area contributed by atoms with Gasteiger partial charge in [-0.25, -0.2) is 13.6 Å². The van der Waals surface area contributed by atoms with Crippen molar-refractivity contribution in [2.75, 3.05) is 13.2 Å². The van der Waals surface area contributed by atoms with Crippen molar-refractivity contribution < 1.29 is 27.8 Å². The van der Waals surface area contributed by atoms with Crippen molar-refractivity contribution in [2.24, 2.45) is 0 Å². The van der Waals surface area contributed by atoms with Crippen LogP contribution in [0.4, 0.5) is 13.6 Å². The topological polar surface area (TPSA) is 55.8 Å². The number of carbonyl (C=O) groups is 2. The molecular formula is C27H25F2NO4. The van der Waals surface area contributed by atoms with E-state index in [4.69, 9.17) is 9.47 Å². The first-order chi connectivity index (χ1) is 16.5. The first kappa shape index (κ1) is 23.4. The Morgan fingerprint density at radius 3 is 2.47 bits per heavy atom. The zero-order valence-corrected chi connectivity index (χ0v) is 18.9. The standard InChI is InChI=1S/C27H25F2NO4/c1-2-33-25(31)15-19-9-6-10-22(26(19)29)20-11-12-24(28)21-13-14-30(16-23(20)21)27(32)34-17-18-7-4-3-5-8-18/h3-12H,2,13-17H2,1H3. The predicted octanol–water partition coefficient (Wildman–Crippen LogP) is 5.43. The molecule has 4 rings (SSSR count). The Labute approximate surface area is 196 Å². The van der Waals surface area contributed by atoms with E-state index in [9.17, 15) is 14.0 Å². The van der Waals surface area contributed by atoms with Crippen LogP contribution in [0.3, 0.4) is 0 Å². The molecule has 0 unspecified atom stereocenters. The maximum atomic E-state index is 15.4. The van der Waals surface area contributed by atoms with Crippen LogP contribution in [0.2, 0.25) is 0 Å². The third-order valence-electron chi connectivity index (χ3n) is 5.83. The van der Waals surface area contributed by atoms with Gasteiger partial charge >= 0.3 is 12.1 Å². The summed E-state index contributed by atoms with van der Waals surface area (Å²) in [5, 5.41) is 0. The summed E-state index contributed by atoms with van der Waals surface area (Å²) in [6.07, 6.45) is -0.421. The maximum Gasteiger partial charge on any atom is 0.410 e. The Bertz CT molecular complexity index is 1200. The normalized spacial score (nSPS) is 12.7. The van der Waals surface area contributed by atoms with Gasteiger partial charge in [-0.15, -0.1) is 0 Å². The van der Waals surface area contributed by atoms with E-state index in [1.54, 1.807) is 19.1 Å². The van der Waals surface area contributed by atoms with Gasteiger partial charge in [0.1, 0.15) is 18.2 Å². The highest BCUT2D eigenvalue weighted by molar-refractivity contribution is 5.76. The Morgan fingerprint density at radius 1 is 0.912 bits per heavy atom. The lowest BCUT2D eigenvalue weighted by Crippen LogP contribution is -2.37. The van der Waals surface area contributed by atoms with Crippen LogP contribution in [0, 0.1) is 11.6 Å². The number of carbonyl (C=O) groups excluding carboxylic acids is 2. The van der Waals surface area contributed by atoms with Crippen molar-refractivity contribution in [3.05, 3.63) is 94.6 Å². The van der Waals surface area contributed by atoms with E-state index in [-0.39, 0.29) is 43.1 Å². The fourth-order valence-corrected chi connectivity index (χ4v) is 4.14. The van der Waals surface area contributed by atoms with Crippen LogP contribution >= 0.6 is 0 Å². The van der Waals surface area contributed by atoms with E-state index >= 15 is 4.39 Å². The molecule has 0 atom stereocenters. The van der Waals surface area contributed by atoms with E-state index in [1.807, 2.05) is 30.3 Å². The molecule has 0 saturated heterocycles. The van der Waals surface area contributed by atoms with Crippen molar-refractivity contribution >= 4 is 12.1 Å². The molecule has 1 heterocycles. The smallest absolute Gasteiger partial charge is 0.410 e. The summed E-state index contributed by atoms with van der Waals surface area (Å²) in [5.41, 5.74) is 2.79. The number of rotatable bonds is 6. The monoisotopic (exact) mass is 465 g/mol. The van der Waals surface area contributed by atoms with E-state index < -0.39 is 17.9 Å². The van der Waals surface area contributed by atoms with Gasteiger partial charge in [0, 0.05) is 18.7 Å². The Balaban J connectivity index is 1.59. The molecule has 0 bridgehead atoms. The molecular weight excluding hydrogens is 440 g/mol. The van der Waals surface area contributed by atoms with Gasteiger partial charge in [-0.2, -0.15) is 0 Å². The quantitative estimate of drug-likeness (QED) is 0.456. The predicted molar refractivity (Wildman–Crippen MR) is 123 cm³/mol. The lowest BCUT2D eigenvalue weighted by Gasteiger charge is -2.30. The molecule has 34 heavy (non-hydrogen) atoms. The Kier molecular flexibility index (Phi) is 7.21. The number of halogens is 2. The number of nitrogens with zero attached hydrogens (tertiary/aromatic N) is 1. The zero-order chi connectivity index (χ0) is 24.1. The summed E-state index contributed by atoms with van der Waals surface area (Å²) in [5.74, 6) is -1.47. The fraction of sp³-hybridized carbons (Fsp3) is 0.259. The number of amides is 1. The molecule has 7 heteroatoms. The number of hydrogen-bond donors (Lipinski definition) is 0. The van der Waals surface area contributed by atoms with Gasteiger partial charge in [0.2, 0.25) is 0 Å². The van der Waals surface area contributed by atoms with Crippen LogP contribution < -0.4 is 0 Å². The molecule has 0 aromatic heterocycles. The van der Waals surface area contributed by atoms with Crippen LogP contribution in [0.25, 0.3) is 11.1 Å². The first-order valence-corrected chi connectivity index (χ1v) is 11.2. The van der Waals surface area contributed by atoms with Crippen molar-refractivity contribution in [3.63, 3.8) is 0 Å². The number of esters is 1. The average Bonchev–Trinajstić information content (AvgIpc) is 2.85. The third kappa shape index (κ3) is 5.09. The van der Waals surface area contributed by atoms with Gasteiger partial charge in [0.15, 0.2) is 0 Å². The Hall–Kier alpha value is -3.74. The number of ether oxygens (including phenoxy) is 2. The summed E-state index contributed by atoms with van der Waals surface area (Å²) in [7, 11) is 0. The molecule has 5 nitrogen and oxygen atoms in total. The molecule has 3 aromatic rings. The van der Waals surface area contributed by atoms with E-state index in [2.05, 4.69) is 0 Å². The molecule has 3 aromatic carbocycles. The van der Waals surface area contributed by atoms with Gasteiger partial charge in [-0.1, -0.05) is 54.6 Å². The highest BCUT2D eigenvalue weighted by Crippen LogP contribution is 2.34. The number of fused-ring (bicyclic) bond motifs is 1. The van der Waals surface area contributed by atoms with Crippen LogP contribution in [0.1, 0.15) is 29.2 Å². The van der Waals surface area contributed by atoms with Gasteiger partial charge in [0.05, 0.1) is 13.0 Å². The first-order valence-electron chi connectivity index (χ1n) is 11.2. The Morgan fingerprint density at radius 2 is 1.71 bits per heavy atom. The summed E-state index contributed by atoms with van der Waals surface area (Å²) >= 11 is 0. The number of hydrogen-bond acceptors (Lipinski definition) is 4.